The lowest BCUT2D eigenvalue weighted by molar-refractivity contribution is 0.425. The second-order valence-corrected chi connectivity index (χ2v) is 7.20. The van der Waals surface area contributed by atoms with Crippen LogP contribution in [-0.4, -0.2) is 0 Å². The first-order valence-corrected chi connectivity index (χ1v) is 8.94. The van der Waals surface area contributed by atoms with Crippen LogP contribution >= 0.6 is 23.2 Å². The highest BCUT2D eigenvalue weighted by atomic mass is 35.5. The number of fused-ring (bicyclic) bond motifs is 3. The van der Waals surface area contributed by atoms with Gasteiger partial charge in [0.1, 0.15) is 0 Å². The molecule has 0 radical (unpaired) electrons. The molecule has 1 N–H and O–H groups in total. The van der Waals surface area contributed by atoms with Crippen LogP contribution in [0.5, 0.6) is 0 Å². The van der Waals surface area contributed by atoms with Crippen LogP contribution in [0.3, 0.4) is 0 Å². The molecule has 0 bridgehead atoms. The largest absolute Gasteiger partial charge is 0.376 e. The van der Waals surface area contributed by atoms with Crippen LogP contribution < -0.4 is 5.32 Å². The number of allylic oxidation sites excluding steroid dienone is 2. The smallest absolute Gasteiger partial charge is 0.0641 e. The Morgan fingerprint density at radius 1 is 1.04 bits per heavy atom. The summed E-state index contributed by atoms with van der Waals surface area (Å²) in [5, 5.41) is 5.23. The van der Waals surface area contributed by atoms with Crippen molar-refractivity contribution in [2.75, 3.05) is 5.32 Å². The predicted octanol–water partition coefficient (Wildman–Crippen LogP) is 6.38. The second-order valence-electron chi connectivity index (χ2n) is 6.39. The van der Waals surface area contributed by atoms with E-state index in [4.69, 9.17) is 23.2 Å². The highest BCUT2D eigenvalue weighted by Gasteiger charge is 2.39. The van der Waals surface area contributed by atoms with E-state index in [0.29, 0.717) is 11.8 Å². The first kappa shape index (κ1) is 15.1. The Morgan fingerprint density at radius 3 is 2.52 bits per heavy atom. The SMILES string of the molecule is CCc1ccc([C@@H]2Nc3c(Cl)ccc(Cl)c3[C@H]3C=CC[C@H]32)cc1. The van der Waals surface area contributed by atoms with E-state index in [1.54, 1.807) is 0 Å². The summed E-state index contributed by atoms with van der Waals surface area (Å²) in [5.41, 5.74) is 4.84. The van der Waals surface area contributed by atoms with E-state index in [-0.39, 0.29) is 6.04 Å². The summed E-state index contributed by atoms with van der Waals surface area (Å²) in [5.74, 6) is 0.833. The van der Waals surface area contributed by atoms with E-state index in [1.165, 1.54) is 11.1 Å². The average Bonchev–Trinajstić information content (AvgIpc) is 3.07. The quantitative estimate of drug-likeness (QED) is 0.623. The minimum atomic E-state index is 0.268. The summed E-state index contributed by atoms with van der Waals surface area (Å²) in [6.45, 7) is 2.18. The minimum absolute atomic E-state index is 0.268. The molecule has 1 aliphatic carbocycles. The van der Waals surface area contributed by atoms with E-state index in [2.05, 4.69) is 48.7 Å². The van der Waals surface area contributed by atoms with E-state index in [1.807, 2.05) is 12.1 Å². The lowest BCUT2D eigenvalue weighted by Crippen LogP contribution is -2.29. The molecule has 0 saturated heterocycles. The van der Waals surface area contributed by atoms with Crippen LogP contribution in [0.15, 0.2) is 48.6 Å². The molecule has 0 saturated carbocycles. The Kier molecular flexibility index (Phi) is 3.87. The van der Waals surface area contributed by atoms with Gasteiger partial charge in [0.05, 0.1) is 16.8 Å². The number of aryl methyl sites for hydroxylation is 1. The normalized spacial score (nSPS) is 24.9. The Morgan fingerprint density at radius 2 is 1.78 bits per heavy atom. The number of nitrogens with one attached hydrogen (secondary N) is 1. The van der Waals surface area contributed by atoms with Gasteiger partial charge in [-0.05, 0) is 42.0 Å². The van der Waals surface area contributed by atoms with Crippen molar-refractivity contribution < 1.29 is 0 Å². The third-order valence-corrected chi connectivity index (χ3v) is 5.81. The summed E-state index contributed by atoms with van der Waals surface area (Å²) in [7, 11) is 0. The van der Waals surface area contributed by atoms with Gasteiger partial charge < -0.3 is 5.32 Å². The van der Waals surface area contributed by atoms with Crippen LogP contribution in [0.25, 0.3) is 0 Å². The minimum Gasteiger partial charge on any atom is -0.376 e. The van der Waals surface area contributed by atoms with Crippen molar-refractivity contribution in [3.05, 3.63) is 75.3 Å². The summed E-state index contributed by atoms with van der Waals surface area (Å²) in [6, 6.07) is 13.0. The zero-order chi connectivity index (χ0) is 16.0. The summed E-state index contributed by atoms with van der Waals surface area (Å²) in [4.78, 5) is 0. The maximum atomic E-state index is 6.48. The predicted molar refractivity (Wildman–Crippen MR) is 98.6 cm³/mol. The molecule has 0 spiro atoms. The Bertz CT molecular complexity index is 764. The molecule has 0 aromatic heterocycles. The van der Waals surface area contributed by atoms with Gasteiger partial charge in [-0.1, -0.05) is 66.5 Å². The monoisotopic (exact) mass is 343 g/mol. The van der Waals surface area contributed by atoms with Crippen LogP contribution in [0.4, 0.5) is 5.69 Å². The zero-order valence-electron chi connectivity index (χ0n) is 13.0. The third kappa shape index (κ3) is 2.47. The van der Waals surface area contributed by atoms with Crippen molar-refractivity contribution in [2.45, 2.75) is 31.7 Å². The number of benzene rings is 2. The summed E-state index contributed by atoms with van der Waals surface area (Å²) >= 11 is 12.9. The van der Waals surface area contributed by atoms with Crippen molar-refractivity contribution in [1.82, 2.24) is 0 Å². The van der Waals surface area contributed by atoms with E-state index < -0.39 is 0 Å². The van der Waals surface area contributed by atoms with Gasteiger partial charge in [-0.25, -0.2) is 0 Å². The van der Waals surface area contributed by atoms with E-state index in [9.17, 15) is 0 Å². The fourth-order valence-electron chi connectivity index (χ4n) is 3.92. The van der Waals surface area contributed by atoms with Crippen molar-refractivity contribution in [2.24, 2.45) is 5.92 Å². The molecule has 4 rings (SSSR count). The molecule has 2 aromatic carbocycles. The van der Waals surface area contributed by atoms with Gasteiger partial charge in [0.15, 0.2) is 0 Å². The molecular formula is C20H19Cl2N. The highest BCUT2D eigenvalue weighted by Crippen LogP contribution is 2.53. The van der Waals surface area contributed by atoms with Crippen molar-refractivity contribution >= 4 is 28.9 Å². The van der Waals surface area contributed by atoms with Crippen molar-refractivity contribution in [3.63, 3.8) is 0 Å². The van der Waals surface area contributed by atoms with Gasteiger partial charge in [-0.2, -0.15) is 0 Å². The Labute approximate surface area is 147 Å². The van der Waals surface area contributed by atoms with Crippen LogP contribution in [0, 0.1) is 5.92 Å². The maximum Gasteiger partial charge on any atom is 0.0641 e. The highest BCUT2D eigenvalue weighted by molar-refractivity contribution is 6.36. The number of rotatable bonds is 2. The van der Waals surface area contributed by atoms with Gasteiger partial charge in [0, 0.05) is 16.5 Å². The molecule has 118 valence electrons. The number of hydrogen-bond acceptors (Lipinski definition) is 1. The van der Waals surface area contributed by atoms with Crippen LogP contribution in [0.1, 0.15) is 42.0 Å². The number of hydrogen-bond donors (Lipinski definition) is 1. The van der Waals surface area contributed by atoms with Crippen molar-refractivity contribution in [3.8, 4) is 0 Å². The van der Waals surface area contributed by atoms with E-state index >= 15 is 0 Å². The first-order chi connectivity index (χ1) is 11.2. The fourth-order valence-corrected chi connectivity index (χ4v) is 4.42. The fraction of sp³-hybridized carbons (Fsp3) is 0.300. The standard InChI is InChI=1S/C20H19Cl2N/c1-2-12-6-8-13(9-7-12)19-15-5-3-4-14(15)18-16(21)10-11-17(22)20(18)23-19/h3-4,6-11,14-15,19,23H,2,5H2,1H3/t14-,15+,19-/m0/s1. The zero-order valence-corrected chi connectivity index (χ0v) is 14.5. The van der Waals surface area contributed by atoms with Crippen LogP contribution in [-0.2, 0) is 6.42 Å². The second kappa shape index (κ2) is 5.89. The molecule has 3 heteroatoms. The molecule has 2 aliphatic rings. The number of halogens is 2. The van der Waals surface area contributed by atoms with Crippen molar-refractivity contribution in [1.29, 1.82) is 0 Å². The molecular weight excluding hydrogens is 325 g/mol. The van der Waals surface area contributed by atoms with Gasteiger partial charge in [0.2, 0.25) is 0 Å². The topological polar surface area (TPSA) is 12.0 Å². The van der Waals surface area contributed by atoms with Gasteiger partial charge >= 0.3 is 0 Å². The molecule has 23 heavy (non-hydrogen) atoms. The Balaban J connectivity index is 1.79. The van der Waals surface area contributed by atoms with Gasteiger partial charge in [-0.3, -0.25) is 0 Å². The van der Waals surface area contributed by atoms with Gasteiger partial charge in [0.25, 0.3) is 0 Å². The molecule has 1 aliphatic heterocycles. The molecule has 3 atom stereocenters. The molecule has 0 fully saturated rings. The van der Waals surface area contributed by atoms with Gasteiger partial charge in [-0.15, -0.1) is 0 Å². The lowest BCUT2D eigenvalue weighted by atomic mass is 9.77. The third-order valence-electron chi connectivity index (χ3n) is 5.16. The molecule has 0 amide bonds. The average molecular weight is 344 g/mol. The van der Waals surface area contributed by atoms with Crippen LogP contribution in [0.2, 0.25) is 10.0 Å². The lowest BCUT2D eigenvalue weighted by Gasteiger charge is -2.38. The molecule has 1 nitrogen and oxygen atoms in total. The Hall–Kier alpha value is -1.44. The van der Waals surface area contributed by atoms with E-state index in [0.717, 1.165) is 34.1 Å². The molecule has 1 heterocycles. The first-order valence-electron chi connectivity index (χ1n) is 8.19. The summed E-state index contributed by atoms with van der Waals surface area (Å²) in [6.07, 6.45) is 6.70. The molecule has 0 unspecified atom stereocenters. The molecule has 2 aromatic rings. The summed E-state index contributed by atoms with van der Waals surface area (Å²) < 4.78 is 0. The maximum absolute atomic E-state index is 6.48. The number of anilines is 1.